The Hall–Kier alpha value is -3.02. The number of benzene rings is 2. The smallest absolute Gasteiger partial charge is 0.269 e. The van der Waals surface area contributed by atoms with E-state index in [0.717, 1.165) is 32.1 Å². The molecule has 0 saturated carbocycles. The van der Waals surface area contributed by atoms with Gasteiger partial charge in [0.25, 0.3) is 11.8 Å². The fourth-order valence-corrected chi connectivity index (χ4v) is 3.23. The molecule has 0 aliphatic heterocycles. The number of fused-ring (bicyclic) bond motifs is 1. The van der Waals surface area contributed by atoms with Gasteiger partial charge in [-0.25, -0.2) is 0 Å². The summed E-state index contributed by atoms with van der Waals surface area (Å²) >= 11 is 0. The maximum atomic E-state index is 12.4. The number of amides is 2. The summed E-state index contributed by atoms with van der Waals surface area (Å²) in [6.07, 6.45) is 5.16. The van der Waals surface area contributed by atoms with Crippen LogP contribution < -0.4 is 20.3 Å². The minimum absolute atomic E-state index is 0.338. The normalized spacial score (nSPS) is 12.2. The van der Waals surface area contributed by atoms with Gasteiger partial charge in [0.05, 0.1) is 13.7 Å². The zero-order valence-corrected chi connectivity index (χ0v) is 16.3. The molecule has 0 atom stereocenters. The first-order chi connectivity index (χ1) is 13.6. The molecule has 6 nitrogen and oxygen atoms in total. The molecule has 0 aromatic heterocycles. The molecule has 28 heavy (non-hydrogen) atoms. The lowest BCUT2D eigenvalue weighted by molar-refractivity contribution is 0.0846. The Morgan fingerprint density at radius 3 is 2.32 bits per heavy atom. The topological polar surface area (TPSA) is 76.7 Å². The van der Waals surface area contributed by atoms with Crippen molar-refractivity contribution in [3.63, 3.8) is 0 Å². The van der Waals surface area contributed by atoms with Crippen molar-refractivity contribution in [1.82, 2.24) is 10.9 Å². The average Bonchev–Trinajstić information content (AvgIpc) is 3.20. The van der Waals surface area contributed by atoms with E-state index in [1.165, 1.54) is 18.2 Å². The number of rotatable bonds is 7. The highest BCUT2D eigenvalue weighted by molar-refractivity contribution is 5.99. The van der Waals surface area contributed by atoms with Crippen molar-refractivity contribution in [2.24, 2.45) is 0 Å². The molecule has 1 aliphatic carbocycles. The summed E-state index contributed by atoms with van der Waals surface area (Å²) in [4.78, 5) is 24.7. The zero-order valence-electron chi connectivity index (χ0n) is 16.3. The molecule has 148 valence electrons. The highest BCUT2D eigenvalue weighted by atomic mass is 16.5. The lowest BCUT2D eigenvalue weighted by atomic mass is 10.1. The molecule has 6 heteroatoms. The van der Waals surface area contributed by atoms with Crippen molar-refractivity contribution in [3.8, 4) is 11.5 Å². The maximum absolute atomic E-state index is 12.4. The third kappa shape index (κ3) is 4.63. The monoisotopic (exact) mass is 382 g/mol. The van der Waals surface area contributed by atoms with Crippen LogP contribution in [0.15, 0.2) is 36.4 Å². The van der Waals surface area contributed by atoms with Crippen molar-refractivity contribution in [3.05, 3.63) is 58.7 Å². The summed E-state index contributed by atoms with van der Waals surface area (Å²) in [5.41, 5.74) is 8.34. The van der Waals surface area contributed by atoms with Crippen molar-refractivity contribution in [1.29, 1.82) is 0 Å². The minimum Gasteiger partial charge on any atom is -0.493 e. The predicted molar refractivity (Wildman–Crippen MR) is 107 cm³/mol. The van der Waals surface area contributed by atoms with Gasteiger partial charge in [-0.15, -0.1) is 0 Å². The van der Waals surface area contributed by atoms with Gasteiger partial charge in [-0.2, -0.15) is 0 Å². The number of aryl methyl sites for hydroxylation is 2. The van der Waals surface area contributed by atoms with Crippen LogP contribution in [0.25, 0.3) is 0 Å². The SMILES string of the molecule is CCCCOc1ccc(C(=O)NNC(=O)c2ccc3c(c2)CCC3)cc1OC. The second-order valence-corrected chi connectivity index (χ2v) is 6.81. The molecular formula is C22H26N2O4. The van der Waals surface area contributed by atoms with E-state index in [9.17, 15) is 9.59 Å². The van der Waals surface area contributed by atoms with Crippen LogP contribution in [0.1, 0.15) is 58.0 Å². The molecule has 0 spiro atoms. The lowest BCUT2D eigenvalue weighted by Gasteiger charge is -2.12. The van der Waals surface area contributed by atoms with E-state index >= 15 is 0 Å². The summed E-state index contributed by atoms with van der Waals surface area (Å²) in [5.74, 6) is 0.311. The maximum Gasteiger partial charge on any atom is 0.269 e. The Morgan fingerprint density at radius 2 is 1.61 bits per heavy atom. The van der Waals surface area contributed by atoms with Gasteiger partial charge in [-0.3, -0.25) is 20.4 Å². The number of hydrazine groups is 1. The van der Waals surface area contributed by atoms with Gasteiger partial charge in [0.2, 0.25) is 0 Å². The van der Waals surface area contributed by atoms with Gasteiger partial charge in [-0.1, -0.05) is 19.4 Å². The highest BCUT2D eigenvalue weighted by Crippen LogP contribution is 2.28. The number of methoxy groups -OCH3 is 1. The molecule has 0 bridgehead atoms. The molecular weight excluding hydrogens is 356 g/mol. The van der Waals surface area contributed by atoms with E-state index < -0.39 is 5.91 Å². The first-order valence-corrected chi connectivity index (χ1v) is 9.65. The van der Waals surface area contributed by atoms with Crippen LogP contribution in [-0.4, -0.2) is 25.5 Å². The van der Waals surface area contributed by atoms with E-state index in [2.05, 4.69) is 17.8 Å². The second-order valence-electron chi connectivity index (χ2n) is 6.81. The summed E-state index contributed by atoms with van der Waals surface area (Å²) < 4.78 is 11.0. The minimum atomic E-state index is -0.423. The first kappa shape index (κ1) is 19.7. The standard InChI is InChI=1S/C22H26N2O4/c1-3-4-12-28-19-11-10-18(14-20(19)27-2)22(26)24-23-21(25)17-9-8-15-6-5-7-16(15)13-17/h8-11,13-14H,3-7,12H2,1-2H3,(H,23,25)(H,24,26). The van der Waals surface area contributed by atoms with Gasteiger partial charge in [0.1, 0.15) is 0 Å². The van der Waals surface area contributed by atoms with Crippen molar-refractivity contribution in [2.75, 3.05) is 13.7 Å². The first-order valence-electron chi connectivity index (χ1n) is 9.65. The molecule has 2 N–H and O–H groups in total. The number of hydrogen-bond acceptors (Lipinski definition) is 4. The highest BCUT2D eigenvalue weighted by Gasteiger charge is 2.15. The molecule has 2 aromatic rings. The third-order valence-electron chi connectivity index (χ3n) is 4.83. The third-order valence-corrected chi connectivity index (χ3v) is 4.83. The summed E-state index contributed by atoms with van der Waals surface area (Å²) in [6.45, 7) is 2.68. The summed E-state index contributed by atoms with van der Waals surface area (Å²) in [6, 6.07) is 10.6. The second kappa shape index (κ2) is 9.26. The van der Waals surface area contributed by atoms with E-state index in [1.807, 2.05) is 12.1 Å². The molecule has 1 aliphatic rings. The Labute approximate surface area is 165 Å². The van der Waals surface area contributed by atoms with Crippen LogP contribution in [0.5, 0.6) is 11.5 Å². The largest absolute Gasteiger partial charge is 0.493 e. The Bertz CT molecular complexity index is 864. The average molecular weight is 382 g/mol. The summed E-state index contributed by atoms with van der Waals surface area (Å²) in [5, 5.41) is 0. The van der Waals surface area contributed by atoms with Gasteiger partial charge >= 0.3 is 0 Å². The Kier molecular flexibility index (Phi) is 6.53. The van der Waals surface area contributed by atoms with Crippen LogP contribution in [0, 0.1) is 0 Å². The van der Waals surface area contributed by atoms with Crippen LogP contribution in [-0.2, 0) is 12.8 Å². The molecule has 2 aromatic carbocycles. The van der Waals surface area contributed by atoms with E-state index in [1.54, 1.807) is 24.3 Å². The van der Waals surface area contributed by atoms with Crippen molar-refractivity contribution < 1.29 is 19.1 Å². The van der Waals surface area contributed by atoms with E-state index in [0.29, 0.717) is 29.2 Å². The van der Waals surface area contributed by atoms with Crippen molar-refractivity contribution >= 4 is 11.8 Å². The van der Waals surface area contributed by atoms with Crippen LogP contribution >= 0.6 is 0 Å². The van der Waals surface area contributed by atoms with Gasteiger partial charge in [0.15, 0.2) is 11.5 Å². The quantitative estimate of drug-likeness (QED) is 0.568. The van der Waals surface area contributed by atoms with Gasteiger partial charge in [0, 0.05) is 11.1 Å². The van der Waals surface area contributed by atoms with E-state index in [-0.39, 0.29) is 5.91 Å². The molecule has 0 radical (unpaired) electrons. The molecule has 0 fully saturated rings. The Morgan fingerprint density at radius 1 is 0.929 bits per heavy atom. The fraction of sp³-hybridized carbons (Fsp3) is 0.364. The zero-order chi connectivity index (χ0) is 19.9. The van der Waals surface area contributed by atoms with Crippen LogP contribution in [0.3, 0.4) is 0 Å². The number of carbonyl (C=O) groups is 2. The molecule has 3 rings (SSSR count). The molecule has 0 saturated heterocycles. The lowest BCUT2D eigenvalue weighted by Crippen LogP contribution is -2.41. The molecule has 0 unspecified atom stereocenters. The van der Waals surface area contributed by atoms with Gasteiger partial charge < -0.3 is 9.47 Å². The number of carbonyl (C=O) groups excluding carboxylic acids is 2. The number of nitrogens with one attached hydrogen (secondary N) is 2. The van der Waals surface area contributed by atoms with Crippen molar-refractivity contribution in [2.45, 2.75) is 39.0 Å². The van der Waals surface area contributed by atoms with E-state index in [4.69, 9.17) is 9.47 Å². The summed E-state index contributed by atoms with van der Waals surface area (Å²) in [7, 11) is 1.53. The number of ether oxygens (including phenoxy) is 2. The predicted octanol–water partition coefficient (Wildman–Crippen LogP) is 3.44. The molecule has 0 heterocycles. The van der Waals surface area contributed by atoms with Gasteiger partial charge in [-0.05, 0) is 67.1 Å². The Balaban J connectivity index is 1.60. The number of unbranched alkanes of at least 4 members (excludes halogenated alkanes) is 1. The van der Waals surface area contributed by atoms with Crippen LogP contribution in [0.2, 0.25) is 0 Å². The fourth-order valence-electron chi connectivity index (χ4n) is 3.23. The molecule has 2 amide bonds. The number of hydrogen-bond donors (Lipinski definition) is 2. The van der Waals surface area contributed by atoms with Crippen LogP contribution in [0.4, 0.5) is 0 Å².